The van der Waals surface area contributed by atoms with Gasteiger partial charge in [-0.15, -0.1) is 0 Å². The molecule has 6 fully saturated rings. The minimum Gasteiger partial charge on any atom is -0.478 e. The SMILES string of the molecule is C=Cc1c(C2CCCCC2)c2ccc(C(=O)OC)cc2n1C.COC(=O)c1ccc2c(C3CCCCC3)c(-c3cnco3)n(C)c2c1.COC(=O)c1ccc2c(C3CCCCC3)c(Br)n(C)c2c1.COC(=O)c1ccc2c(C3CCCCC3)c(C(O)CO)n(C)c2c1.COC(=O)c1ccc2c(C3CCCCC3)c(C=O)n(C)c2c1.Cn1c(-c2cnco2)c(C2CCCCC2)c2ccc(C(=O)O)cc21. The Morgan fingerprint density at radius 2 is 0.638 bits per heavy atom. The second kappa shape index (κ2) is 45.5. The van der Waals surface area contributed by atoms with Gasteiger partial charge in [0, 0.05) is 113 Å². The topological polar surface area (TPSA) is 308 Å². The van der Waals surface area contributed by atoms with Crippen molar-refractivity contribution in [3.05, 3.63) is 229 Å². The highest BCUT2D eigenvalue weighted by molar-refractivity contribution is 9.10. The molecule has 20 rings (SSSR count). The number of methoxy groups -OCH3 is 5. The molecule has 14 aromatic rings. The number of halogens is 1. The summed E-state index contributed by atoms with van der Waals surface area (Å²) in [4.78, 5) is 90.1. The summed E-state index contributed by atoms with van der Waals surface area (Å²) in [5.74, 6) is 2.07. The number of benzene rings is 6. The Hall–Kier alpha value is -12.4. The number of oxazole rings is 2. The summed E-state index contributed by atoms with van der Waals surface area (Å²) < 4.78 is 48.8. The molecule has 138 heavy (non-hydrogen) atoms. The van der Waals surface area contributed by atoms with Gasteiger partial charge in [0.15, 0.2) is 30.6 Å². The molecule has 0 amide bonds. The van der Waals surface area contributed by atoms with E-state index in [1.807, 2.05) is 129 Å². The van der Waals surface area contributed by atoms with Crippen molar-refractivity contribution in [1.29, 1.82) is 0 Å². The Kier molecular flexibility index (Phi) is 33.0. The second-order valence-electron chi connectivity index (χ2n) is 37.9. The largest absolute Gasteiger partial charge is 0.478 e. The van der Waals surface area contributed by atoms with E-state index in [1.54, 1.807) is 42.7 Å². The molecule has 728 valence electrons. The van der Waals surface area contributed by atoms with Gasteiger partial charge in [-0.25, -0.2) is 38.7 Å². The lowest BCUT2D eigenvalue weighted by Gasteiger charge is -2.24. The summed E-state index contributed by atoms with van der Waals surface area (Å²) >= 11 is 3.75. The van der Waals surface area contributed by atoms with Gasteiger partial charge in [-0.1, -0.05) is 159 Å². The number of aromatic nitrogens is 8. The van der Waals surface area contributed by atoms with Crippen LogP contribution >= 0.6 is 15.9 Å². The van der Waals surface area contributed by atoms with Crippen LogP contribution in [0, 0.1) is 0 Å². The van der Waals surface area contributed by atoms with E-state index in [4.69, 9.17) is 32.5 Å². The number of carbonyl (C=O) groups is 7. The van der Waals surface area contributed by atoms with E-state index in [2.05, 4.69) is 58.3 Å². The number of hydrogen-bond donors (Lipinski definition) is 3. The summed E-state index contributed by atoms with van der Waals surface area (Å²) in [6.07, 6.45) is 45.5. The Morgan fingerprint density at radius 3 is 0.942 bits per heavy atom. The number of ether oxygens (including phenoxy) is 5. The third kappa shape index (κ3) is 20.7. The molecule has 6 aliphatic carbocycles. The standard InChI is InChI=1S/C20H22N2O3.C19H20N2O3.C19H25NO4.C19H23NO2.C18H21NO3.C17H20BrNO2/c1-22-16-10-14(20(23)24-2)8-9-15(16)18(13-6-4-3-5-7-13)19(22)17-11-21-12-25-17;1-21-15-9-13(19(22)23)7-8-14(15)17(12-5-3-2-4-6-12)18(21)16-10-20-11-24-16;1-20-15-10-13(19(23)24-2)8-9-14(15)17(18(20)16(22)11-21)12-6-4-3-5-7-12;1-4-16-18(13-8-6-5-7-9-13)15-11-10-14(19(21)22-3)12-17(15)20(16)2;1-19-15-10-13(18(21)22-2)8-9-14(15)17(16(19)11-20)12-6-4-3-5-7-12;1-19-14-10-12(17(20)21-2)8-9-13(14)15(16(19)18)11-6-4-3-5-7-11/h8-13H,3-7H2,1-2H3;7-12H,2-6H2,1H3,(H,22,23);8-10,12,16,21-22H,3-7,11H2,1-2H3;4,10-13H,1,5-9H2,2-3H3;8-12H,3-7H2,1-2H3;8-11H,3-7H2,1-2H3. The minimum atomic E-state index is -0.916. The van der Waals surface area contributed by atoms with Crippen LogP contribution in [0.3, 0.4) is 0 Å². The van der Waals surface area contributed by atoms with E-state index >= 15 is 0 Å². The zero-order valence-corrected chi connectivity index (χ0v) is 83.1. The van der Waals surface area contributed by atoms with Crippen LogP contribution in [0.25, 0.3) is 94.4 Å². The van der Waals surface area contributed by atoms with Crippen molar-refractivity contribution in [2.45, 2.75) is 234 Å². The molecule has 6 aliphatic rings. The first kappa shape index (κ1) is 100. The van der Waals surface area contributed by atoms with Crippen molar-refractivity contribution in [3.63, 3.8) is 0 Å². The predicted molar refractivity (Wildman–Crippen MR) is 542 cm³/mol. The van der Waals surface area contributed by atoms with E-state index in [0.29, 0.717) is 68.9 Å². The van der Waals surface area contributed by atoms with Crippen molar-refractivity contribution in [2.75, 3.05) is 42.2 Å². The number of aromatic carboxylic acids is 1. The molecule has 6 aromatic carbocycles. The molecular weight excluding hydrogens is 1810 g/mol. The molecule has 1 unspecified atom stereocenters. The molecule has 8 heterocycles. The smallest absolute Gasteiger partial charge is 0.337 e. The highest BCUT2D eigenvalue weighted by Crippen LogP contribution is 2.50. The number of aldehydes is 1. The van der Waals surface area contributed by atoms with Crippen LogP contribution in [0.15, 0.2) is 154 Å². The van der Waals surface area contributed by atoms with Crippen molar-refractivity contribution in [1.82, 2.24) is 37.4 Å². The first-order chi connectivity index (χ1) is 66.9. The van der Waals surface area contributed by atoms with Crippen molar-refractivity contribution in [2.24, 2.45) is 42.3 Å². The van der Waals surface area contributed by atoms with E-state index in [1.165, 1.54) is 259 Å². The lowest BCUT2D eigenvalue weighted by atomic mass is 9.82. The minimum absolute atomic E-state index is 0.284. The van der Waals surface area contributed by atoms with Gasteiger partial charge < -0.3 is 75.2 Å². The number of aliphatic hydroxyl groups is 2. The molecule has 1 atom stereocenters. The van der Waals surface area contributed by atoms with Crippen LogP contribution in [0.1, 0.15) is 352 Å². The first-order valence-corrected chi connectivity index (χ1v) is 49.9. The fourth-order valence-electron chi connectivity index (χ4n) is 23.2. The zero-order chi connectivity index (χ0) is 97.7. The monoisotopic (exact) mass is 1940 g/mol. The van der Waals surface area contributed by atoms with Gasteiger partial charge in [0.1, 0.15) is 6.10 Å². The average molecular weight is 1940 g/mol. The molecule has 0 aliphatic heterocycles. The van der Waals surface area contributed by atoms with Crippen molar-refractivity contribution in [3.8, 4) is 22.9 Å². The maximum Gasteiger partial charge on any atom is 0.337 e. The Labute approximate surface area is 814 Å². The summed E-state index contributed by atoms with van der Waals surface area (Å²) in [6.45, 7) is 3.69. The molecule has 25 nitrogen and oxygen atoms in total. The predicted octanol–water partition coefficient (Wildman–Crippen LogP) is 25.5. The lowest BCUT2D eigenvalue weighted by Crippen LogP contribution is -2.14. The van der Waals surface area contributed by atoms with E-state index in [9.17, 15) is 48.9 Å². The van der Waals surface area contributed by atoms with Gasteiger partial charge in [0.05, 0.1) is 115 Å². The summed E-state index contributed by atoms with van der Waals surface area (Å²) in [5, 5.41) is 36.2. The van der Waals surface area contributed by atoms with Gasteiger partial charge in [0.25, 0.3) is 0 Å². The molecular formula is C112H131BrN8O17. The quantitative estimate of drug-likeness (QED) is 0.0408. The maximum absolute atomic E-state index is 11.9. The third-order valence-corrected chi connectivity index (χ3v) is 31.0. The van der Waals surface area contributed by atoms with Gasteiger partial charge in [-0.05, 0) is 241 Å². The van der Waals surface area contributed by atoms with Crippen LogP contribution in [0.5, 0.6) is 0 Å². The number of carboxylic acids is 1. The number of rotatable bonds is 18. The zero-order valence-electron chi connectivity index (χ0n) is 81.5. The number of carboxylic acid groups (broad SMARTS) is 1. The van der Waals surface area contributed by atoms with E-state index in [-0.39, 0.29) is 36.5 Å². The third-order valence-electron chi connectivity index (χ3n) is 30.1. The van der Waals surface area contributed by atoms with Crippen LogP contribution in [-0.2, 0) is 66.0 Å². The molecule has 6 saturated carbocycles. The van der Waals surface area contributed by atoms with Gasteiger partial charge in [-0.3, -0.25) is 4.79 Å². The number of nitrogens with zero attached hydrogens (tertiary/aromatic N) is 8. The highest BCUT2D eigenvalue weighted by atomic mass is 79.9. The number of carbonyl (C=O) groups excluding carboxylic acids is 6. The first-order valence-electron chi connectivity index (χ1n) is 49.1. The van der Waals surface area contributed by atoms with E-state index < -0.39 is 12.1 Å². The Bertz CT molecular complexity index is 6610. The Balaban J connectivity index is 0.000000126. The highest BCUT2D eigenvalue weighted by Gasteiger charge is 2.35. The normalized spacial score (nSPS) is 16.1. The van der Waals surface area contributed by atoms with Crippen molar-refractivity contribution >= 4 is 130 Å². The molecule has 0 radical (unpaired) electrons. The van der Waals surface area contributed by atoms with Crippen LogP contribution in [0.4, 0.5) is 0 Å². The second-order valence-corrected chi connectivity index (χ2v) is 38.6. The fourth-order valence-corrected chi connectivity index (χ4v) is 23.9. The molecule has 26 heteroatoms. The summed E-state index contributed by atoms with van der Waals surface area (Å²) in [5.41, 5.74) is 21.5. The molecule has 3 N–H and O–H groups in total. The van der Waals surface area contributed by atoms with Gasteiger partial charge >= 0.3 is 35.8 Å². The maximum atomic E-state index is 11.9. The van der Waals surface area contributed by atoms with Gasteiger partial charge in [0.2, 0.25) is 0 Å². The van der Waals surface area contributed by atoms with Crippen LogP contribution in [0.2, 0.25) is 0 Å². The van der Waals surface area contributed by atoms with Crippen molar-refractivity contribution < 1.29 is 81.4 Å². The number of fused-ring (bicyclic) bond motifs is 6. The summed E-state index contributed by atoms with van der Waals surface area (Å²) in [6, 6.07) is 34.0. The number of esters is 5. The van der Waals surface area contributed by atoms with E-state index in [0.717, 1.165) is 131 Å². The van der Waals surface area contributed by atoms with Gasteiger partial charge in [-0.2, -0.15) is 0 Å². The van der Waals surface area contributed by atoms with Crippen LogP contribution in [-0.4, -0.2) is 137 Å². The molecule has 0 bridgehead atoms. The fraction of sp³-hybridized carbons (Fsp3) is 0.438. The number of aryl methyl sites for hydroxylation is 6. The lowest BCUT2D eigenvalue weighted by molar-refractivity contribution is 0.0592. The molecule has 8 aromatic heterocycles. The van der Waals surface area contributed by atoms with Crippen LogP contribution < -0.4 is 0 Å². The number of hydrogen-bond acceptors (Lipinski definition) is 18. The molecule has 0 saturated heterocycles. The average Bonchev–Trinajstić information content (AvgIpc) is 1.61. The number of aliphatic hydroxyl groups excluding tert-OH is 2. The Morgan fingerprint density at radius 1 is 0.377 bits per heavy atom. The molecule has 0 spiro atoms. The summed E-state index contributed by atoms with van der Waals surface area (Å²) in [7, 11) is 18.8.